The molecule has 1 saturated heterocycles. The minimum atomic E-state index is -3.65. The van der Waals surface area contributed by atoms with Crippen LogP contribution in [0.15, 0.2) is 64.4 Å². The Balaban J connectivity index is 1.64. The van der Waals surface area contributed by atoms with E-state index in [1.165, 1.54) is 4.31 Å². The van der Waals surface area contributed by atoms with E-state index in [-0.39, 0.29) is 11.4 Å². The summed E-state index contributed by atoms with van der Waals surface area (Å²) in [6.45, 7) is 6.31. The van der Waals surface area contributed by atoms with Gasteiger partial charge in [-0.3, -0.25) is 4.31 Å². The number of nitrogens with zero attached hydrogens (tertiary/aromatic N) is 2. The third kappa shape index (κ3) is 4.04. The van der Waals surface area contributed by atoms with Gasteiger partial charge in [0.15, 0.2) is 0 Å². The Morgan fingerprint density at radius 3 is 2.38 bits per heavy atom. The lowest BCUT2D eigenvalue weighted by Crippen LogP contribution is -2.39. The van der Waals surface area contributed by atoms with Gasteiger partial charge in [0.25, 0.3) is 10.0 Å². The lowest BCUT2D eigenvalue weighted by atomic mass is 9.94. The zero-order valence-electron chi connectivity index (χ0n) is 16.7. The largest absolute Gasteiger partial charge is 0.264 e. The Bertz CT molecular complexity index is 1040. The van der Waals surface area contributed by atoms with Gasteiger partial charge in [-0.2, -0.15) is 0 Å². The molecule has 0 spiro atoms. The quantitative estimate of drug-likeness (QED) is 0.739. The molecule has 0 N–H and O–H groups in total. The van der Waals surface area contributed by atoms with Crippen LogP contribution in [0.1, 0.15) is 25.8 Å². The normalized spacial score (nSPS) is 23.6. The van der Waals surface area contributed by atoms with Gasteiger partial charge < -0.3 is 0 Å². The zero-order valence-corrected chi connectivity index (χ0v) is 18.3. The molecule has 0 aromatic heterocycles. The van der Waals surface area contributed by atoms with Crippen molar-refractivity contribution in [2.24, 2.45) is 11.8 Å². The van der Waals surface area contributed by atoms with Crippen LogP contribution in [0.25, 0.3) is 6.08 Å². The second-order valence-electron chi connectivity index (χ2n) is 8.01. The van der Waals surface area contributed by atoms with Gasteiger partial charge in [0, 0.05) is 13.1 Å². The predicted octanol–water partition coefficient (Wildman–Crippen LogP) is 3.91. The first-order valence-corrected chi connectivity index (χ1v) is 12.5. The molecule has 3 atom stereocenters. The lowest BCUT2D eigenvalue weighted by Gasteiger charge is -2.34. The van der Waals surface area contributed by atoms with Crippen molar-refractivity contribution in [3.63, 3.8) is 0 Å². The van der Waals surface area contributed by atoms with Crippen LogP contribution < -0.4 is 4.31 Å². The molecule has 2 heterocycles. The molecule has 0 saturated carbocycles. The number of anilines is 1. The molecule has 0 aliphatic carbocycles. The van der Waals surface area contributed by atoms with E-state index in [9.17, 15) is 12.6 Å². The first-order valence-electron chi connectivity index (χ1n) is 9.91. The molecule has 2 aromatic carbocycles. The van der Waals surface area contributed by atoms with Gasteiger partial charge in [-0.1, -0.05) is 44.2 Å². The highest BCUT2D eigenvalue weighted by Gasteiger charge is 2.29. The molecule has 0 radical (unpaired) electrons. The highest BCUT2D eigenvalue weighted by atomic mass is 32.2. The molecule has 154 valence electrons. The first-order chi connectivity index (χ1) is 13.9. The predicted molar refractivity (Wildman–Crippen MR) is 117 cm³/mol. The number of piperidine rings is 1. The van der Waals surface area contributed by atoms with Gasteiger partial charge in [-0.05, 0) is 54.2 Å². The van der Waals surface area contributed by atoms with E-state index in [4.69, 9.17) is 0 Å². The van der Waals surface area contributed by atoms with Crippen LogP contribution in [0.2, 0.25) is 0 Å². The van der Waals surface area contributed by atoms with Crippen molar-refractivity contribution in [3.8, 4) is 0 Å². The third-order valence-electron chi connectivity index (χ3n) is 5.44. The maximum absolute atomic E-state index is 13.2. The van der Waals surface area contributed by atoms with E-state index < -0.39 is 21.0 Å². The number of sulfonamides is 1. The summed E-state index contributed by atoms with van der Waals surface area (Å²) in [5.74, 6) is 1.04. The standard InChI is InChI=1S/C22H26N2O3S2/c1-17-13-18(2)16-23(15-17)28(25)20-10-11-22-19(14-20)7-6-12-24(22)29(26,27)21-8-4-3-5-9-21/h3-11,14,17-18H,12-13,15-16H2,1-2H3. The molecule has 4 rings (SSSR count). The van der Waals surface area contributed by atoms with Gasteiger partial charge in [0.05, 0.1) is 22.0 Å². The van der Waals surface area contributed by atoms with E-state index in [1.807, 2.05) is 22.5 Å². The van der Waals surface area contributed by atoms with Crippen molar-refractivity contribution in [1.82, 2.24) is 4.31 Å². The summed E-state index contributed by atoms with van der Waals surface area (Å²) in [6, 6.07) is 13.9. The second kappa shape index (κ2) is 8.05. The molecular formula is C22H26N2O3S2. The fraction of sp³-hybridized carbons (Fsp3) is 0.364. The minimum Gasteiger partial charge on any atom is -0.262 e. The summed E-state index contributed by atoms with van der Waals surface area (Å²) in [7, 11) is -4.89. The van der Waals surface area contributed by atoms with Crippen LogP contribution in [0.3, 0.4) is 0 Å². The average molecular weight is 431 g/mol. The Labute approximate surface area is 175 Å². The highest BCUT2D eigenvalue weighted by molar-refractivity contribution is 7.92. The molecule has 0 bridgehead atoms. The van der Waals surface area contributed by atoms with Crippen LogP contribution in [0.5, 0.6) is 0 Å². The molecule has 7 heteroatoms. The SMILES string of the molecule is CC1CC(C)CN(S(=O)c2ccc3c(c2)C=CCN3S(=O)(=O)c2ccccc2)C1. The van der Waals surface area contributed by atoms with E-state index >= 15 is 0 Å². The third-order valence-corrected chi connectivity index (χ3v) is 8.66. The maximum atomic E-state index is 13.2. The van der Waals surface area contributed by atoms with E-state index in [1.54, 1.807) is 42.5 Å². The van der Waals surface area contributed by atoms with Crippen LogP contribution >= 0.6 is 0 Å². The summed E-state index contributed by atoms with van der Waals surface area (Å²) in [4.78, 5) is 0.985. The molecule has 3 unspecified atom stereocenters. The number of hydrogen-bond acceptors (Lipinski definition) is 3. The Kier molecular flexibility index (Phi) is 5.64. The fourth-order valence-corrected chi connectivity index (χ4v) is 7.17. The Hall–Kier alpha value is -1.96. The number of benzene rings is 2. The number of rotatable bonds is 4. The first kappa shape index (κ1) is 20.3. The molecule has 2 aliphatic rings. The molecular weight excluding hydrogens is 404 g/mol. The van der Waals surface area contributed by atoms with Crippen molar-refractivity contribution in [2.75, 3.05) is 23.9 Å². The van der Waals surface area contributed by atoms with Crippen LogP contribution in [-0.4, -0.2) is 36.6 Å². The summed E-state index contributed by atoms with van der Waals surface area (Å²) >= 11 is 0. The summed E-state index contributed by atoms with van der Waals surface area (Å²) in [6.07, 6.45) is 4.90. The van der Waals surface area contributed by atoms with E-state index in [2.05, 4.69) is 13.8 Å². The molecule has 1 fully saturated rings. The molecule has 5 nitrogen and oxygen atoms in total. The van der Waals surface area contributed by atoms with Crippen molar-refractivity contribution in [1.29, 1.82) is 0 Å². The van der Waals surface area contributed by atoms with Crippen molar-refractivity contribution >= 4 is 32.8 Å². The van der Waals surface area contributed by atoms with Crippen LogP contribution in [0.4, 0.5) is 5.69 Å². The Morgan fingerprint density at radius 1 is 1.00 bits per heavy atom. The summed E-state index contributed by atoms with van der Waals surface area (Å²) < 4.78 is 42.8. The maximum Gasteiger partial charge on any atom is 0.264 e. The van der Waals surface area contributed by atoms with Crippen molar-refractivity contribution in [2.45, 2.75) is 30.1 Å². The van der Waals surface area contributed by atoms with Crippen molar-refractivity contribution < 1.29 is 12.6 Å². The smallest absolute Gasteiger partial charge is 0.262 e. The van der Waals surface area contributed by atoms with Crippen LogP contribution in [-0.2, 0) is 21.0 Å². The monoisotopic (exact) mass is 430 g/mol. The molecule has 0 amide bonds. The second-order valence-corrected chi connectivity index (χ2v) is 11.4. The van der Waals surface area contributed by atoms with Gasteiger partial charge >= 0.3 is 0 Å². The van der Waals surface area contributed by atoms with Gasteiger partial charge in [-0.15, -0.1) is 0 Å². The highest BCUT2D eigenvalue weighted by Crippen LogP contribution is 2.33. The lowest BCUT2D eigenvalue weighted by molar-refractivity contribution is 0.230. The Morgan fingerprint density at radius 2 is 1.69 bits per heavy atom. The fourth-order valence-electron chi connectivity index (χ4n) is 4.21. The van der Waals surface area contributed by atoms with E-state index in [0.29, 0.717) is 22.4 Å². The zero-order chi connectivity index (χ0) is 20.6. The van der Waals surface area contributed by atoms with E-state index in [0.717, 1.165) is 25.1 Å². The molecule has 29 heavy (non-hydrogen) atoms. The molecule has 2 aromatic rings. The minimum absolute atomic E-state index is 0.269. The summed E-state index contributed by atoms with van der Waals surface area (Å²) in [5, 5.41) is 0. The number of fused-ring (bicyclic) bond motifs is 1. The van der Waals surface area contributed by atoms with Gasteiger partial charge in [0.2, 0.25) is 0 Å². The topological polar surface area (TPSA) is 57.7 Å². The van der Waals surface area contributed by atoms with Crippen molar-refractivity contribution in [3.05, 3.63) is 60.2 Å². The van der Waals surface area contributed by atoms with Crippen LogP contribution in [0, 0.1) is 11.8 Å². The average Bonchev–Trinajstić information content (AvgIpc) is 2.72. The van der Waals surface area contributed by atoms with Gasteiger partial charge in [-0.25, -0.2) is 16.9 Å². The number of hydrogen-bond donors (Lipinski definition) is 0. The summed E-state index contributed by atoms with van der Waals surface area (Å²) in [5.41, 5.74) is 1.40. The molecule has 2 aliphatic heterocycles. The van der Waals surface area contributed by atoms with Gasteiger partial charge in [0.1, 0.15) is 11.0 Å².